The summed E-state index contributed by atoms with van der Waals surface area (Å²) in [5.74, 6) is 2.50. The number of carbonyl (C=O) groups is 2. The van der Waals surface area contributed by atoms with Gasteiger partial charge in [0.25, 0.3) is 0 Å². The molecule has 4 aliphatic rings. The van der Waals surface area contributed by atoms with Crippen molar-refractivity contribution >= 4 is 17.5 Å². The number of amides is 2. The lowest BCUT2D eigenvalue weighted by Crippen LogP contribution is -2.48. The number of nitrogens with one attached hydrogen (secondary N) is 2. The lowest BCUT2D eigenvalue weighted by molar-refractivity contribution is -0.131. The molecule has 0 radical (unpaired) electrons. The summed E-state index contributed by atoms with van der Waals surface area (Å²) in [7, 11) is 2.01. The molecular weight excluding hydrogens is 350 g/mol. The van der Waals surface area contributed by atoms with Crippen molar-refractivity contribution in [2.75, 3.05) is 31.6 Å². The maximum atomic E-state index is 12.5. The van der Waals surface area contributed by atoms with Crippen molar-refractivity contribution in [1.82, 2.24) is 10.6 Å². The maximum absolute atomic E-state index is 12.5. The standard InChI is InChI=1S/C23H33N3O2/c1-26(20-5-3-2-4-6-20)8-7-24-22(28)16-25-21(27)15-23-12-17-9-18(13-23)11-19(10-17)14-23/h2-6,17-19H,7-16H2,1H3,(H,24,28)(H,25,27). The van der Waals surface area contributed by atoms with Crippen LogP contribution in [0.3, 0.4) is 0 Å². The van der Waals surface area contributed by atoms with Gasteiger partial charge in [-0.25, -0.2) is 0 Å². The SMILES string of the molecule is CN(CCNC(=O)CNC(=O)CC12CC3CC(CC(C3)C1)C2)c1ccccc1. The Hall–Kier alpha value is -2.04. The predicted molar refractivity (Wildman–Crippen MR) is 111 cm³/mol. The van der Waals surface area contributed by atoms with Crippen LogP contribution in [-0.2, 0) is 9.59 Å². The first kappa shape index (κ1) is 19.3. The molecule has 5 nitrogen and oxygen atoms in total. The van der Waals surface area contributed by atoms with Crippen LogP contribution in [0.4, 0.5) is 5.69 Å². The third-order valence-corrected chi connectivity index (χ3v) is 7.11. The molecule has 4 aliphatic carbocycles. The van der Waals surface area contributed by atoms with E-state index in [2.05, 4.69) is 15.5 Å². The van der Waals surface area contributed by atoms with Crippen LogP contribution in [0.2, 0.25) is 0 Å². The van der Waals surface area contributed by atoms with E-state index in [9.17, 15) is 9.59 Å². The highest BCUT2D eigenvalue weighted by atomic mass is 16.2. The molecule has 1 aromatic carbocycles. The number of para-hydroxylation sites is 1. The number of hydrogen-bond acceptors (Lipinski definition) is 3. The summed E-state index contributed by atoms with van der Waals surface area (Å²) in [5.41, 5.74) is 1.36. The summed E-state index contributed by atoms with van der Waals surface area (Å²) in [4.78, 5) is 26.7. The second-order valence-corrected chi connectivity index (χ2v) is 9.48. The number of carbonyl (C=O) groups excluding carboxylic acids is 2. The number of hydrogen-bond donors (Lipinski definition) is 2. The largest absolute Gasteiger partial charge is 0.373 e. The zero-order chi connectivity index (χ0) is 19.6. The third kappa shape index (κ3) is 4.50. The minimum atomic E-state index is -0.111. The Morgan fingerprint density at radius 3 is 2.18 bits per heavy atom. The zero-order valence-electron chi connectivity index (χ0n) is 17.0. The average molecular weight is 384 g/mol. The molecular formula is C23H33N3O2. The van der Waals surface area contributed by atoms with E-state index < -0.39 is 0 Å². The summed E-state index contributed by atoms with van der Waals surface area (Å²) < 4.78 is 0. The van der Waals surface area contributed by atoms with E-state index in [1.165, 1.54) is 38.5 Å². The van der Waals surface area contributed by atoms with Crippen molar-refractivity contribution in [1.29, 1.82) is 0 Å². The molecule has 1 aromatic rings. The van der Waals surface area contributed by atoms with Gasteiger partial charge in [-0.1, -0.05) is 18.2 Å². The van der Waals surface area contributed by atoms with Gasteiger partial charge in [-0.2, -0.15) is 0 Å². The number of likely N-dealkylation sites (N-methyl/N-ethyl adjacent to an activating group) is 1. The molecule has 4 bridgehead atoms. The summed E-state index contributed by atoms with van der Waals surface area (Å²) in [6.07, 6.45) is 8.46. The van der Waals surface area contributed by atoms with E-state index in [1.807, 2.05) is 37.4 Å². The molecule has 0 unspecified atom stereocenters. The molecule has 152 valence electrons. The fourth-order valence-electron chi connectivity index (χ4n) is 6.33. The number of benzene rings is 1. The van der Waals surface area contributed by atoms with E-state index in [0.717, 1.165) is 30.0 Å². The van der Waals surface area contributed by atoms with Gasteiger partial charge < -0.3 is 15.5 Å². The van der Waals surface area contributed by atoms with Crippen LogP contribution < -0.4 is 15.5 Å². The fraction of sp³-hybridized carbons (Fsp3) is 0.652. The van der Waals surface area contributed by atoms with Gasteiger partial charge in [0.1, 0.15) is 0 Å². The van der Waals surface area contributed by atoms with Gasteiger partial charge in [0.15, 0.2) is 0 Å². The van der Waals surface area contributed by atoms with Gasteiger partial charge in [-0.3, -0.25) is 9.59 Å². The van der Waals surface area contributed by atoms with Crippen molar-refractivity contribution in [2.45, 2.75) is 44.9 Å². The van der Waals surface area contributed by atoms with Gasteiger partial charge in [-0.15, -0.1) is 0 Å². The Morgan fingerprint density at radius 2 is 1.57 bits per heavy atom. The first-order valence-electron chi connectivity index (χ1n) is 10.8. The molecule has 0 atom stereocenters. The van der Waals surface area contributed by atoms with Crippen LogP contribution in [0, 0.1) is 23.2 Å². The van der Waals surface area contributed by atoms with E-state index >= 15 is 0 Å². The fourth-order valence-corrected chi connectivity index (χ4v) is 6.33. The maximum Gasteiger partial charge on any atom is 0.239 e. The Kier molecular flexibility index (Phi) is 5.61. The van der Waals surface area contributed by atoms with Crippen molar-refractivity contribution in [3.8, 4) is 0 Å². The van der Waals surface area contributed by atoms with E-state index in [4.69, 9.17) is 0 Å². The van der Waals surface area contributed by atoms with Crippen molar-refractivity contribution < 1.29 is 9.59 Å². The predicted octanol–water partition coefficient (Wildman–Crippen LogP) is 2.96. The monoisotopic (exact) mass is 383 g/mol. The molecule has 2 N–H and O–H groups in total. The number of rotatable bonds is 8. The lowest BCUT2D eigenvalue weighted by atomic mass is 9.49. The topological polar surface area (TPSA) is 61.4 Å². The van der Waals surface area contributed by atoms with Gasteiger partial charge in [-0.05, 0) is 73.8 Å². The van der Waals surface area contributed by atoms with Gasteiger partial charge >= 0.3 is 0 Å². The zero-order valence-corrected chi connectivity index (χ0v) is 17.0. The Balaban J connectivity index is 1.15. The van der Waals surface area contributed by atoms with Crippen molar-refractivity contribution in [2.24, 2.45) is 23.2 Å². The molecule has 2 amide bonds. The normalized spacial score (nSPS) is 30.1. The second kappa shape index (κ2) is 8.14. The molecule has 0 heterocycles. The van der Waals surface area contributed by atoms with Gasteiger partial charge in [0.05, 0.1) is 6.54 Å². The second-order valence-electron chi connectivity index (χ2n) is 9.48. The molecule has 0 aromatic heterocycles. The van der Waals surface area contributed by atoms with Crippen LogP contribution in [0.5, 0.6) is 0 Å². The minimum Gasteiger partial charge on any atom is -0.373 e. The first-order valence-corrected chi connectivity index (χ1v) is 10.8. The van der Waals surface area contributed by atoms with Crippen molar-refractivity contribution in [3.05, 3.63) is 30.3 Å². The smallest absolute Gasteiger partial charge is 0.239 e. The first-order chi connectivity index (χ1) is 13.5. The summed E-state index contributed by atoms with van der Waals surface area (Å²) in [6, 6.07) is 10.1. The highest BCUT2D eigenvalue weighted by molar-refractivity contribution is 5.85. The van der Waals surface area contributed by atoms with Crippen LogP contribution in [0.15, 0.2) is 30.3 Å². The highest BCUT2D eigenvalue weighted by Gasteiger charge is 2.51. The lowest BCUT2D eigenvalue weighted by Gasteiger charge is -2.56. The van der Waals surface area contributed by atoms with Gasteiger partial charge in [0.2, 0.25) is 11.8 Å². The molecule has 4 fully saturated rings. The van der Waals surface area contributed by atoms with Crippen LogP contribution in [-0.4, -0.2) is 38.5 Å². The molecule has 0 saturated heterocycles. The van der Waals surface area contributed by atoms with Crippen LogP contribution >= 0.6 is 0 Å². The summed E-state index contributed by atoms with van der Waals surface area (Å²) >= 11 is 0. The quantitative estimate of drug-likeness (QED) is 0.726. The third-order valence-electron chi connectivity index (χ3n) is 7.11. The summed E-state index contributed by atoms with van der Waals surface area (Å²) in [5, 5.41) is 5.77. The molecule has 5 heteroatoms. The Bertz CT molecular complexity index is 668. The molecule has 5 rings (SSSR count). The van der Waals surface area contributed by atoms with Crippen LogP contribution in [0.25, 0.3) is 0 Å². The van der Waals surface area contributed by atoms with Gasteiger partial charge in [0, 0.05) is 32.2 Å². The van der Waals surface area contributed by atoms with Crippen molar-refractivity contribution in [3.63, 3.8) is 0 Å². The molecule has 4 saturated carbocycles. The number of anilines is 1. The highest BCUT2D eigenvalue weighted by Crippen LogP contribution is 2.61. The Labute approximate surface area is 168 Å². The molecule has 28 heavy (non-hydrogen) atoms. The van der Waals surface area contributed by atoms with E-state index in [-0.39, 0.29) is 23.8 Å². The van der Waals surface area contributed by atoms with E-state index in [0.29, 0.717) is 13.0 Å². The van der Waals surface area contributed by atoms with Crippen LogP contribution in [0.1, 0.15) is 44.9 Å². The molecule has 0 spiro atoms. The average Bonchev–Trinajstić information content (AvgIpc) is 2.65. The summed E-state index contributed by atoms with van der Waals surface area (Å²) in [6.45, 7) is 1.38. The Morgan fingerprint density at radius 1 is 0.964 bits per heavy atom. The molecule has 0 aliphatic heterocycles. The minimum absolute atomic E-state index is 0.0542. The van der Waals surface area contributed by atoms with E-state index in [1.54, 1.807) is 0 Å². The number of nitrogens with zero attached hydrogens (tertiary/aromatic N) is 1.